The molecular weight excluding hydrogens is 190 g/mol. The van der Waals surface area contributed by atoms with Crippen LogP contribution in [0.3, 0.4) is 0 Å². The summed E-state index contributed by atoms with van der Waals surface area (Å²) in [6.07, 6.45) is 0.965. The molecule has 13 heavy (non-hydrogen) atoms. The lowest BCUT2D eigenvalue weighted by atomic mass is 10.1. The Hall–Kier alpha value is -0.570. The van der Waals surface area contributed by atoms with Crippen LogP contribution in [0.5, 0.6) is 0 Å². The fraction of sp³-hybridized carbons (Fsp3) is 0.778. The Morgan fingerprint density at radius 2 is 1.92 bits per heavy atom. The Bertz CT molecular complexity index is 192. The molecule has 0 aliphatic rings. The Morgan fingerprint density at radius 3 is 2.23 bits per heavy atom. The molecule has 0 radical (unpaired) electrons. The van der Waals surface area contributed by atoms with Crippen LogP contribution in [-0.4, -0.2) is 17.2 Å². The normalized spacial score (nSPS) is 12.7. The van der Waals surface area contributed by atoms with Crippen molar-refractivity contribution in [2.75, 3.05) is 0 Å². The average molecular weight is 206 g/mol. The topological polar surface area (TPSA) is 46.2 Å². The number of amides is 1. The van der Waals surface area contributed by atoms with Crippen molar-refractivity contribution in [2.45, 2.75) is 39.7 Å². The van der Waals surface area contributed by atoms with Gasteiger partial charge in [-0.3, -0.25) is 9.59 Å². The zero-order chi connectivity index (χ0) is 10.4. The van der Waals surface area contributed by atoms with Gasteiger partial charge in [-0.15, -0.1) is 0 Å². The van der Waals surface area contributed by atoms with Crippen LogP contribution in [0, 0.1) is 5.92 Å². The van der Waals surface area contributed by atoms with Gasteiger partial charge in [-0.25, -0.2) is 0 Å². The SMILES string of the molecule is CCC(NC(=O)CC(C)C)C(=O)Cl. The van der Waals surface area contributed by atoms with Gasteiger partial charge in [-0.2, -0.15) is 0 Å². The van der Waals surface area contributed by atoms with E-state index in [9.17, 15) is 9.59 Å². The van der Waals surface area contributed by atoms with Crippen molar-refractivity contribution in [3.63, 3.8) is 0 Å². The van der Waals surface area contributed by atoms with Gasteiger partial charge < -0.3 is 5.32 Å². The van der Waals surface area contributed by atoms with E-state index in [1.165, 1.54) is 0 Å². The van der Waals surface area contributed by atoms with Gasteiger partial charge in [-0.05, 0) is 23.9 Å². The summed E-state index contributed by atoms with van der Waals surface area (Å²) in [5, 5.41) is 2.08. The highest BCUT2D eigenvalue weighted by Crippen LogP contribution is 2.02. The second-order valence-electron chi connectivity index (χ2n) is 3.43. The molecule has 0 spiro atoms. The molecule has 1 unspecified atom stereocenters. The molecule has 0 saturated heterocycles. The molecule has 4 heteroatoms. The smallest absolute Gasteiger partial charge is 0.243 e. The molecule has 0 aromatic heterocycles. The third-order valence-corrected chi connectivity index (χ3v) is 1.87. The molecule has 0 aliphatic carbocycles. The second-order valence-corrected chi connectivity index (χ2v) is 3.80. The number of rotatable bonds is 5. The van der Waals surface area contributed by atoms with Crippen molar-refractivity contribution in [3.8, 4) is 0 Å². The largest absolute Gasteiger partial charge is 0.345 e. The highest BCUT2D eigenvalue weighted by Gasteiger charge is 2.16. The molecule has 0 aromatic carbocycles. The van der Waals surface area contributed by atoms with Gasteiger partial charge in [-0.1, -0.05) is 20.8 Å². The maximum Gasteiger partial charge on any atom is 0.243 e. The fourth-order valence-corrected chi connectivity index (χ4v) is 1.15. The van der Waals surface area contributed by atoms with E-state index < -0.39 is 11.3 Å². The first-order valence-corrected chi connectivity index (χ1v) is 4.83. The molecule has 76 valence electrons. The van der Waals surface area contributed by atoms with Crippen LogP contribution >= 0.6 is 11.6 Å². The molecular formula is C9H16ClNO2. The summed E-state index contributed by atoms with van der Waals surface area (Å²) >= 11 is 5.27. The number of carbonyl (C=O) groups is 2. The Balaban J connectivity index is 3.94. The molecule has 0 rings (SSSR count). The van der Waals surface area contributed by atoms with Crippen LogP contribution in [0.15, 0.2) is 0 Å². The van der Waals surface area contributed by atoms with Gasteiger partial charge >= 0.3 is 0 Å². The molecule has 1 N–H and O–H groups in total. The van der Waals surface area contributed by atoms with E-state index in [2.05, 4.69) is 5.32 Å². The summed E-state index contributed by atoms with van der Waals surface area (Å²) in [4.78, 5) is 22.0. The van der Waals surface area contributed by atoms with E-state index >= 15 is 0 Å². The zero-order valence-corrected chi connectivity index (χ0v) is 9.02. The number of nitrogens with one attached hydrogen (secondary N) is 1. The summed E-state index contributed by atoms with van der Waals surface area (Å²) in [5.41, 5.74) is 0. The van der Waals surface area contributed by atoms with Crippen LogP contribution in [0.25, 0.3) is 0 Å². The minimum absolute atomic E-state index is 0.115. The summed E-state index contributed by atoms with van der Waals surface area (Å²) in [5.74, 6) is 0.179. The highest BCUT2D eigenvalue weighted by molar-refractivity contribution is 6.64. The standard InChI is InChI=1S/C9H16ClNO2/c1-4-7(9(10)13)11-8(12)5-6(2)3/h6-7H,4-5H2,1-3H3,(H,11,12). The van der Waals surface area contributed by atoms with E-state index in [1.54, 1.807) is 6.92 Å². The van der Waals surface area contributed by atoms with Crippen LogP contribution in [-0.2, 0) is 9.59 Å². The van der Waals surface area contributed by atoms with Crippen LogP contribution < -0.4 is 5.32 Å². The fourth-order valence-electron chi connectivity index (χ4n) is 0.943. The molecule has 0 aliphatic heterocycles. The van der Waals surface area contributed by atoms with Crippen molar-refractivity contribution in [2.24, 2.45) is 5.92 Å². The summed E-state index contributed by atoms with van der Waals surface area (Å²) in [6, 6.07) is -0.534. The van der Waals surface area contributed by atoms with Gasteiger partial charge in [0.1, 0.15) is 6.04 Å². The van der Waals surface area contributed by atoms with Crippen LogP contribution in [0.1, 0.15) is 33.6 Å². The first-order chi connectivity index (χ1) is 5.97. The molecule has 1 amide bonds. The Labute approximate surface area is 83.8 Å². The lowest BCUT2D eigenvalue weighted by Crippen LogP contribution is -2.38. The van der Waals surface area contributed by atoms with Crippen molar-refractivity contribution in [1.29, 1.82) is 0 Å². The minimum atomic E-state index is -0.534. The van der Waals surface area contributed by atoms with E-state index in [0.29, 0.717) is 18.8 Å². The van der Waals surface area contributed by atoms with Crippen molar-refractivity contribution in [1.82, 2.24) is 5.32 Å². The zero-order valence-electron chi connectivity index (χ0n) is 8.26. The average Bonchev–Trinajstić information content (AvgIpc) is 1.98. The number of halogens is 1. The molecule has 3 nitrogen and oxygen atoms in total. The summed E-state index contributed by atoms with van der Waals surface area (Å²) in [7, 11) is 0. The first-order valence-electron chi connectivity index (χ1n) is 4.46. The summed E-state index contributed by atoms with van der Waals surface area (Å²) < 4.78 is 0. The van der Waals surface area contributed by atoms with Crippen molar-refractivity contribution < 1.29 is 9.59 Å². The molecule has 0 fully saturated rings. The molecule has 1 atom stereocenters. The van der Waals surface area contributed by atoms with Gasteiger partial charge in [0.05, 0.1) is 0 Å². The predicted molar refractivity (Wildman–Crippen MR) is 52.5 cm³/mol. The lowest BCUT2D eigenvalue weighted by Gasteiger charge is -2.13. The van der Waals surface area contributed by atoms with Gasteiger partial charge in [0, 0.05) is 6.42 Å². The van der Waals surface area contributed by atoms with E-state index in [0.717, 1.165) is 0 Å². The van der Waals surface area contributed by atoms with Gasteiger partial charge in [0.15, 0.2) is 0 Å². The van der Waals surface area contributed by atoms with E-state index in [4.69, 9.17) is 11.6 Å². The quantitative estimate of drug-likeness (QED) is 0.695. The van der Waals surface area contributed by atoms with Crippen molar-refractivity contribution >= 4 is 22.8 Å². The summed E-state index contributed by atoms with van der Waals surface area (Å²) in [6.45, 7) is 5.70. The van der Waals surface area contributed by atoms with Gasteiger partial charge in [0.25, 0.3) is 0 Å². The maximum atomic E-state index is 11.2. The first kappa shape index (κ1) is 12.4. The predicted octanol–water partition coefficient (Wildman–Crippen LogP) is 1.69. The number of carbonyl (C=O) groups excluding carboxylic acids is 2. The number of hydrogen-bond donors (Lipinski definition) is 1. The van der Waals surface area contributed by atoms with Crippen molar-refractivity contribution in [3.05, 3.63) is 0 Å². The molecule has 0 aromatic rings. The van der Waals surface area contributed by atoms with Gasteiger partial charge in [0.2, 0.25) is 11.1 Å². The third kappa shape index (κ3) is 5.64. The second kappa shape index (κ2) is 5.97. The molecule has 0 heterocycles. The highest BCUT2D eigenvalue weighted by atomic mass is 35.5. The van der Waals surface area contributed by atoms with Crippen LogP contribution in [0.4, 0.5) is 0 Å². The lowest BCUT2D eigenvalue weighted by molar-refractivity contribution is -0.125. The molecule has 0 bridgehead atoms. The van der Waals surface area contributed by atoms with E-state index in [1.807, 2.05) is 13.8 Å². The molecule has 0 saturated carbocycles. The third-order valence-electron chi connectivity index (χ3n) is 1.61. The minimum Gasteiger partial charge on any atom is -0.345 e. The Kier molecular flexibility index (Phi) is 5.71. The van der Waals surface area contributed by atoms with Crippen LogP contribution in [0.2, 0.25) is 0 Å². The monoisotopic (exact) mass is 205 g/mol. The van der Waals surface area contributed by atoms with E-state index in [-0.39, 0.29) is 5.91 Å². The maximum absolute atomic E-state index is 11.2. The Morgan fingerprint density at radius 1 is 1.38 bits per heavy atom. The number of hydrogen-bond acceptors (Lipinski definition) is 2.